The van der Waals surface area contributed by atoms with Crippen LogP contribution in [0.1, 0.15) is 24.7 Å². The first-order chi connectivity index (χ1) is 8.22. The number of aryl methyl sites for hydroxylation is 1. The van der Waals surface area contributed by atoms with Crippen LogP contribution < -0.4 is 5.56 Å². The molecule has 0 aliphatic carbocycles. The van der Waals surface area contributed by atoms with E-state index in [1.54, 1.807) is 0 Å². The lowest BCUT2D eigenvalue weighted by Crippen LogP contribution is -2.16. The van der Waals surface area contributed by atoms with Gasteiger partial charge in [0.1, 0.15) is 5.82 Å². The first-order valence-electron chi connectivity index (χ1n) is 5.87. The summed E-state index contributed by atoms with van der Waals surface area (Å²) in [5, 5.41) is 0. The summed E-state index contributed by atoms with van der Waals surface area (Å²) in [4.78, 5) is 19.2. The molecule has 88 valence electrons. The zero-order valence-corrected chi connectivity index (χ0v) is 10.2. The minimum atomic E-state index is -0.0395. The number of nitrogens with one attached hydrogen (secondary N) is 1. The van der Waals surface area contributed by atoms with Crippen LogP contribution in [0.4, 0.5) is 0 Å². The van der Waals surface area contributed by atoms with Gasteiger partial charge in [0.15, 0.2) is 0 Å². The normalized spacial score (nSPS) is 10.5. The van der Waals surface area contributed by atoms with Gasteiger partial charge in [-0.25, -0.2) is 4.98 Å². The molecule has 1 aromatic heterocycles. The Hall–Kier alpha value is -1.90. The van der Waals surface area contributed by atoms with Crippen molar-refractivity contribution in [3.8, 4) is 11.3 Å². The lowest BCUT2D eigenvalue weighted by atomic mass is 10.1. The molecule has 0 saturated heterocycles. The highest BCUT2D eigenvalue weighted by atomic mass is 16.1. The second-order valence-electron chi connectivity index (χ2n) is 4.10. The van der Waals surface area contributed by atoms with Crippen molar-refractivity contribution in [3.63, 3.8) is 0 Å². The topological polar surface area (TPSA) is 45.8 Å². The van der Waals surface area contributed by atoms with E-state index in [4.69, 9.17) is 0 Å². The first-order valence-corrected chi connectivity index (χ1v) is 5.87. The van der Waals surface area contributed by atoms with E-state index in [1.807, 2.05) is 37.3 Å². The van der Waals surface area contributed by atoms with E-state index in [2.05, 4.69) is 16.9 Å². The smallest absolute Gasteiger partial charge is 0.254 e. The van der Waals surface area contributed by atoms with Gasteiger partial charge in [-0.05, 0) is 13.3 Å². The second-order valence-corrected chi connectivity index (χ2v) is 4.10. The number of aromatic nitrogens is 2. The predicted molar refractivity (Wildman–Crippen MR) is 69.0 cm³/mol. The Morgan fingerprint density at radius 1 is 1.24 bits per heavy atom. The van der Waals surface area contributed by atoms with Crippen LogP contribution in [0.2, 0.25) is 0 Å². The molecule has 0 bridgehead atoms. The molecule has 1 N–H and O–H groups in total. The van der Waals surface area contributed by atoms with Crippen molar-refractivity contribution >= 4 is 0 Å². The third-order valence-corrected chi connectivity index (χ3v) is 2.73. The van der Waals surface area contributed by atoms with Gasteiger partial charge < -0.3 is 4.98 Å². The van der Waals surface area contributed by atoms with Crippen LogP contribution in [-0.2, 0) is 6.42 Å². The molecule has 0 aliphatic heterocycles. The lowest BCUT2D eigenvalue weighted by molar-refractivity contribution is 0.823. The Labute approximate surface area is 101 Å². The van der Waals surface area contributed by atoms with Crippen molar-refractivity contribution in [1.82, 2.24) is 9.97 Å². The zero-order valence-electron chi connectivity index (χ0n) is 10.2. The summed E-state index contributed by atoms with van der Waals surface area (Å²) < 4.78 is 0. The quantitative estimate of drug-likeness (QED) is 0.877. The number of H-pyrrole nitrogens is 1. The van der Waals surface area contributed by atoms with Gasteiger partial charge in [0, 0.05) is 17.5 Å². The summed E-state index contributed by atoms with van der Waals surface area (Å²) in [7, 11) is 0. The van der Waals surface area contributed by atoms with Gasteiger partial charge in [0.25, 0.3) is 5.56 Å². The molecule has 0 amide bonds. The Morgan fingerprint density at radius 2 is 1.94 bits per heavy atom. The molecule has 0 atom stereocenters. The molecule has 1 heterocycles. The Balaban J connectivity index is 2.57. The van der Waals surface area contributed by atoms with E-state index in [-0.39, 0.29) is 5.56 Å². The summed E-state index contributed by atoms with van der Waals surface area (Å²) in [6.07, 6.45) is 1.77. The number of hydrogen-bond acceptors (Lipinski definition) is 2. The van der Waals surface area contributed by atoms with Gasteiger partial charge in [-0.1, -0.05) is 37.3 Å². The highest BCUT2D eigenvalue weighted by Gasteiger charge is 2.08. The molecule has 0 aliphatic rings. The molecule has 0 unspecified atom stereocenters. The number of benzene rings is 1. The fourth-order valence-electron chi connectivity index (χ4n) is 1.81. The highest BCUT2D eigenvalue weighted by Crippen LogP contribution is 2.18. The van der Waals surface area contributed by atoms with Crippen molar-refractivity contribution in [2.75, 3.05) is 0 Å². The number of hydrogen-bond donors (Lipinski definition) is 1. The van der Waals surface area contributed by atoms with Crippen LogP contribution in [0.15, 0.2) is 35.1 Å². The number of aromatic amines is 1. The summed E-state index contributed by atoms with van der Waals surface area (Å²) in [6.45, 7) is 3.88. The van der Waals surface area contributed by atoms with Crippen molar-refractivity contribution in [1.29, 1.82) is 0 Å². The maximum Gasteiger partial charge on any atom is 0.254 e. The molecule has 0 radical (unpaired) electrons. The highest BCUT2D eigenvalue weighted by molar-refractivity contribution is 5.62. The van der Waals surface area contributed by atoms with Crippen molar-refractivity contribution < 1.29 is 0 Å². The van der Waals surface area contributed by atoms with Crippen LogP contribution in [0.5, 0.6) is 0 Å². The van der Waals surface area contributed by atoms with E-state index in [9.17, 15) is 4.79 Å². The maximum atomic E-state index is 11.8. The van der Waals surface area contributed by atoms with Gasteiger partial charge in [-0.3, -0.25) is 4.79 Å². The van der Waals surface area contributed by atoms with Gasteiger partial charge in [-0.15, -0.1) is 0 Å². The van der Waals surface area contributed by atoms with E-state index in [0.717, 1.165) is 29.9 Å². The van der Waals surface area contributed by atoms with Gasteiger partial charge in [0.2, 0.25) is 0 Å². The van der Waals surface area contributed by atoms with Crippen molar-refractivity contribution in [2.45, 2.75) is 26.7 Å². The lowest BCUT2D eigenvalue weighted by Gasteiger charge is -2.07. The second kappa shape index (κ2) is 4.95. The molecule has 17 heavy (non-hydrogen) atoms. The monoisotopic (exact) mass is 228 g/mol. The molecular formula is C14H16N2O. The minimum absolute atomic E-state index is 0.0395. The molecule has 0 spiro atoms. The van der Waals surface area contributed by atoms with Crippen LogP contribution in [0.3, 0.4) is 0 Å². The molecule has 0 fully saturated rings. The van der Waals surface area contributed by atoms with Gasteiger partial charge in [-0.2, -0.15) is 0 Å². The molecule has 3 nitrogen and oxygen atoms in total. The fraction of sp³-hybridized carbons (Fsp3) is 0.286. The summed E-state index contributed by atoms with van der Waals surface area (Å²) in [6, 6.07) is 9.82. The molecule has 0 saturated carbocycles. The minimum Gasteiger partial charge on any atom is -0.310 e. The number of nitrogens with zero attached hydrogens (tertiary/aromatic N) is 1. The van der Waals surface area contributed by atoms with Crippen LogP contribution in [-0.4, -0.2) is 9.97 Å². The van der Waals surface area contributed by atoms with Gasteiger partial charge >= 0.3 is 0 Å². The van der Waals surface area contributed by atoms with E-state index in [0.29, 0.717) is 5.56 Å². The average molecular weight is 228 g/mol. The van der Waals surface area contributed by atoms with E-state index < -0.39 is 0 Å². The molecule has 2 aromatic rings. The van der Waals surface area contributed by atoms with Gasteiger partial charge in [0.05, 0.1) is 5.69 Å². The summed E-state index contributed by atoms with van der Waals surface area (Å²) >= 11 is 0. The summed E-state index contributed by atoms with van der Waals surface area (Å²) in [5.74, 6) is 0.766. The first kappa shape index (κ1) is 11.6. The standard InChI is InChI=1S/C14H16N2O/c1-3-7-12-15-13(10(2)14(17)16-12)11-8-5-4-6-9-11/h4-6,8-9H,3,7H2,1-2H3,(H,15,16,17). The predicted octanol–water partition coefficient (Wildman–Crippen LogP) is 2.70. The fourth-order valence-corrected chi connectivity index (χ4v) is 1.81. The maximum absolute atomic E-state index is 11.8. The molecule has 3 heteroatoms. The Bertz CT molecular complexity index is 558. The average Bonchev–Trinajstić information content (AvgIpc) is 2.35. The van der Waals surface area contributed by atoms with E-state index in [1.165, 1.54) is 0 Å². The van der Waals surface area contributed by atoms with Crippen LogP contribution in [0.25, 0.3) is 11.3 Å². The van der Waals surface area contributed by atoms with E-state index >= 15 is 0 Å². The van der Waals surface area contributed by atoms with Crippen LogP contribution >= 0.6 is 0 Å². The van der Waals surface area contributed by atoms with Crippen molar-refractivity contribution in [2.24, 2.45) is 0 Å². The largest absolute Gasteiger partial charge is 0.310 e. The summed E-state index contributed by atoms with van der Waals surface area (Å²) in [5.41, 5.74) is 2.42. The number of rotatable bonds is 3. The SMILES string of the molecule is CCCc1nc(-c2ccccc2)c(C)c(=O)[nH]1. The molecule has 2 rings (SSSR count). The van der Waals surface area contributed by atoms with Crippen molar-refractivity contribution in [3.05, 3.63) is 52.1 Å². The third kappa shape index (κ3) is 2.44. The Morgan fingerprint density at radius 3 is 2.59 bits per heavy atom. The molecular weight excluding hydrogens is 212 g/mol. The van der Waals surface area contributed by atoms with Crippen LogP contribution in [0, 0.1) is 6.92 Å². The third-order valence-electron chi connectivity index (χ3n) is 2.73. The Kier molecular flexibility index (Phi) is 3.38. The zero-order chi connectivity index (χ0) is 12.3. The molecule has 1 aromatic carbocycles.